The summed E-state index contributed by atoms with van der Waals surface area (Å²) in [5.41, 5.74) is 0.501. The van der Waals surface area contributed by atoms with E-state index in [2.05, 4.69) is 5.32 Å². The fraction of sp³-hybridized carbons (Fsp3) is 0.385. The molecule has 1 amide bonds. The zero-order chi connectivity index (χ0) is 15.9. The molecule has 7 nitrogen and oxygen atoms in total. The third kappa shape index (κ3) is 5.81. The van der Waals surface area contributed by atoms with Crippen molar-refractivity contribution < 1.29 is 17.9 Å². The minimum Gasteiger partial charge on any atom is -0.484 e. The number of carbonyl (C=O) groups is 1. The first-order valence-electron chi connectivity index (χ1n) is 6.15. The number of sulfonamides is 1. The molecule has 21 heavy (non-hydrogen) atoms. The second-order valence-electron chi connectivity index (χ2n) is 4.37. The van der Waals surface area contributed by atoms with Gasteiger partial charge in [-0.15, -0.1) is 0 Å². The molecule has 0 unspecified atom stereocenters. The van der Waals surface area contributed by atoms with Crippen LogP contribution in [-0.2, 0) is 14.8 Å². The van der Waals surface area contributed by atoms with Crippen LogP contribution >= 0.6 is 0 Å². The molecule has 1 rings (SSSR count). The number of nitrogens with zero attached hydrogens (tertiary/aromatic N) is 2. The van der Waals surface area contributed by atoms with Crippen molar-refractivity contribution in [2.75, 3.05) is 33.0 Å². The van der Waals surface area contributed by atoms with E-state index in [1.54, 1.807) is 24.3 Å². The quantitative estimate of drug-likeness (QED) is 0.761. The first kappa shape index (κ1) is 16.9. The van der Waals surface area contributed by atoms with Crippen LogP contribution in [0.5, 0.6) is 5.75 Å². The Morgan fingerprint density at radius 1 is 1.33 bits per heavy atom. The monoisotopic (exact) mass is 311 g/mol. The predicted molar refractivity (Wildman–Crippen MR) is 77.1 cm³/mol. The highest BCUT2D eigenvalue weighted by Gasteiger charge is 2.13. The fourth-order valence-electron chi connectivity index (χ4n) is 1.33. The zero-order valence-corrected chi connectivity index (χ0v) is 12.7. The Labute approximate surface area is 124 Å². The molecular weight excluding hydrogens is 294 g/mol. The maximum atomic E-state index is 11.5. The van der Waals surface area contributed by atoms with E-state index in [1.807, 2.05) is 6.07 Å². The molecule has 0 bridgehead atoms. The van der Waals surface area contributed by atoms with Crippen LogP contribution in [0.15, 0.2) is 24.3 Å². The Balaban J connectivity index is 2.33. The molecule has 1 N–H and O–H groups in total. The molecule has 8 heteroatoms. The molecule has 1 aromatic rings. The van der Waals surface area contributed by atoms with Crippen LogP contribution in [0.4, 0.5) is 0 Å². The van der Waals surface area contributed by atoms with Gasteiger partial charge in [-0.25, -0.2) is 12.7 Å². The summed E-state index contributed by atoms with van der Waals surface area (Å²) in [7, 11) is -0.450. The van der Waals surface area contributed by atoms with E-state index in [4.69, 9.17) is 10.00 Å². The van der Waals surface area contributed by atoms with E-state index in [1.165, 1.54) is 14.1 Å². The van der Waals surface area contributed by atoms with E-state index in [9.17, 15) is 13.2 Å². The summed E-state index contributed by atoms with van der Waals surface area (Å²) in [5.74, 6) is -0.110. The molecule has 0 spiro atoms. The molecule has 0 fully saturated rings. The molecule has 0 aliphatic rings. The van der Waals surface area contributed by atoms with Gasteiger partial charge in [-0.1, -0.05) is 0 Å². The van der Waals surface area contributed by atoms with Crippen LogP contribution in [0, 0.1) is 11.3 Å². The van der Waals surface area contributed by atoms with Gasteiger partial charge >= 0.3 is 0 Å². The fourth-order valence-corrected chi connectivity index (χ4v) is 2.05. The van der Waals surface area contributed by atoms with Crippen LogP contribution < -0.4 is 10.1 Å². The average Bonchev–Trinajstić information content (AvgIpc) is 2.45. The molecule has 0 aliphatic heterocycles. The summed E-state index contributed by atoms with van der Waals surface area (Å²) in [5, 5.41) is 11.1. The highest BCUT2D eigenvalue weighted by atomic mass is 32.2. The zero-order valence-electron chi connectivity index (χ0n) is 11.9. The third-order valence-corrected chi connectivity index (χ3v) is 4.42. The van der Waals surface area contributed by atoms with Gasteiger partial charge in [0.05, 0.1) is 17.4 Å². The Morgan fingerprint density at radius 3 is 2.48 bits per heavy atom. The number of carbonyl (C=O) groups excluding carboxylic acids is 1. The molecule has 114 valence electrons. The lowest BCUT2D eigenvalue weighted by molar-refractivity contribution is -0.122. The van der Waals surface area contributed by atoms with Crippen molar-refractivity contribution in [3.63, 3.8) is 0 Å². The number of nitrogens with one attached hydrogen (secondary N) is 1. The van der Waals surface area contributed by atoms with Crippen LogP contribution in [0.2, 0.25) is 0 Å². The molecule has 0 radical (unpaired) electrons. The van der Waals surface area contributed by atoms with Crippen molar-refractivity contribution >= 4 is 15.9 Å². The summed E-state index contributed by atoms with van der Waals surface area (Å²) >= 11 is 0. The van der Waals surface area contributed by atoms with E-state index < -0.39 is 15.9 Å². The second-order valence-corrected chi connectivity index (χ2v) is 6.68. The van der Waals surface area contributed by atoms with Gasteiger partial charge in [-0.2, -0.15) is 5.26 Å². The molecular formula is C13H17N3O4S. The summed E-state index contributed by atoms with van der Waals surface area (Å²) in [4.78, 5) is 11.5. The number of hydrogen-bond acceptors (Lipinski definition) is 5. The lowest BCUT2D eigenvalue weighted by Gasteiger charge is -2.11. The van der Waals surface area contributed by atoms with Crippen LogP contribution in [0.1, 0.15) is 5.56 Å². The topological polar surface area (TPSA) is 99.5 Å². The van der Waals surface area contributed by atoms with Crippen molar-refractivity contribution in [1.82, 2.24) is 9.62 Å². The number of rotatable bonds is 7. The van der Waals surface area contributed by atoms with Crippen molar-refractivity contribution in [2.24, 2.45) is 0 Å². The maximum Gasteiger partial charge on any atom is 0.257 e. The van der Waals surface area contributed by atoms with Gasteiger partial charge in [0.1, 0.15) is 5.75 Å². The standard InChI is InChI=1S/C13H17N3O4S/c1-16(2)21(18,19)8-7-15-13(17)10-20-12-5-3-11(9-14)4-6-12/h3-6H,7-8,10H2,1-2H3,(H,15,17). The third-order valence-electron chi connectivity index (χ3n) is 2.59. The lowest BCUT2D eigenvalue weighted by atomic mass is 10.2. The highest BCUT2D eigenvalue weighted by Crippen LogP contribution is 2.11. The van der Waals surface area contributed by atoms with Gasteiger partial charge in [0.15, 0.2) is 6.61 Å². The van der Waals surface area contributed by atoms with Gasteiger partial charge in [0.25, 0.3) is 5.91 Å². The minimum atomic E-state index is -3.32. The number of benzene rings is 1. The van der Waals surface area contributed by atoms with Crippen LogP contribution in [-0.4, -0.2) is 51.6 Å². The van der Waals surface area contributed by atoms with E-state index >= 15 is 0 Å². The Hall–Kier alpha value is -2.11. The first-order chi connectivity index (χ1) is 9.85. The Morgan fingerprint density at radius 2 is 1.95 bits per heavy atom. The normalized spacial score (nSPS) is 11.0. The van der Waals surface area contributed by atoms with Crippen LogP contribution in [0.3, 0.4) is 0 Å². The van der Waals surface area contributed by atoms with E-state index in [0.717, 1.165) is 4.31 Å². The summed E-state index contributed by atoms with van der Waals surface area (Å²) in [6.45, 7) is -0.190. The van der Waals surface area contributed by atoms with Crippen molar-refractivity contribution in [2.45, 2.75) is 0 Å². The smallest absolute Gasteiger partial charge is 0.257 e. The van der Waals surface area contributed by atoms with Crippen molar-refractivity contribution in [3.8, 4) is 11.8 Å². The SMILES string of the molecule is CN(C)S(=O)(=O)CCNC(=O)COc1ccc(C#N)cc1. The van der Waals surface area contributed by atoms with Gasteiger partial charge in [-0.05, 0) is 24.3 Å². The van der Waals surface area contributed by atoms with Crippen LogP contribution in [0.25, 0.3) is 0 Å². The molecule has 1 aromatic carbocycles. The van der Waals surface area contributed by atoms with Crippen molar-refractivity contribution in [3.05, 3.63) is 29.8 Å². The molecule has 0 saturated carbocycles. The van der Waals surface area contributed by atoms with Gasteiger partial charge in [0.2, 0.25) is 10.0 Å². The number of nitriles is 1. The van der Waals surface area contributed by atoms with Gasteiger partial charge < -0.3 is 10.1 Å². The number of amides is 1. The lowest BCUT2D eigenvalue weighted by Crippen LogP contribution is -2.36. The molecule has 0 atom stereocenters. The second kappa shape index (κ2) is 7.61. The Kier molecular flexibility index (Phi) is 6.14. The minimum absolute atomic E-state index is 0.0239. The van der Waals surface area contributed by atoms with Crippen molar-refractivity contribution in [1.29, 1.82) is 5.26 Å². The molecule has 0 aliphatic carbocycles. The number of ether oxygens (including phenoxy) is 1. The average molecular weight is 311 g/mol. The van der Waals surface area contributed by atoms with E-state index in [0.29, 0.717) is 11.3 Å². The van der Waals surface area contributed by atoms with E-state index in [-0.39, 0.29) is 18.9 Å². The largest absolute Gasteiger partial charge is 0.484 e. The highest BCUT2D eigenvalue weighted by molar-refractivity contribution is 7.89. The molecule has 0 aromatic heterocycles. The molecule has 0 heterocycles. The predicted octanol–water partition coefficient (Wildman–Crippen LogP) is -0.0553. The summed E-state index contributed by atoms with van der Waals surface area (Å²) < 4.78 is 29.3. The van der Waals surface area contributed by atoms with Gasteiger partial charge in [0, 0.05) is 20.6 Å². The molecule has 0 saturated heterocycles. The number of hydrogen-bond donors (Lipinski definition) is 1. The van der Waals surface area contributed by atoms with Gasteiger partial charge in [-0.3, -0.25) is 4.79 Å². The summed E-state index contributed by atoms with van der Waals surface area (Å²) in [6.07, 6.45) is 0. The maximum absolute atomic E-state index is 11.5. The first-order valence-corrected chi connectivity index (χ1v) is 7.76. The summed E-state index contributed by atoms with van der Waals surface area (Å²) in [6, 6.07) is 8.31. The Bertz CT molecular complexity index is 618.